The first kappa shape index (κ1) is 13.1. The summed E-state index contributed by atoms with van der Waals surface area (Å²) >= 11 is 1.86. The van der Waals surface area contributed by atoms with Gasteiger partial charge in [-0.25, -0.2) is 0 Å². The number of nitrogens with two attached hydrogens (primary N) is 1. The average Bonchev–Trinajstić information content (AvgIpc) is 2.48. The summed E-state index contributed by atoms with van der Waals surface area (Å²) in [4.78, 5) is 1.27. The third-order valence-electron chi connectivity index (χ3n) is 3.52. The fourth-order valence-corrected chi connectivity index (χ4v) is 3.32. The molecule has 1 nitrogen and oxygen atoms in total. The van der Waals surface area contributed by atoms with Crippen molar-refractivity contribution in [2.75, 3.05) is 5.73 Å². The number of aryl methyl sites for hydroxylation is 1. The molecule has 0 aliphatic carbocycles. The Labute approximate surface area is 123 Å². The minimum absolute atomic E-state index is 0.861. The fraction of sp³-hybridized carbons (Fsp3) is 0.111. The molecule has 2 heteroatoms. The van der Waals surface area contributed by atoms with Crippen molar-refractivity contribution in [2.45, 2.75) is 17.6 Å². The number of benzene rings is 3. The lowest BCUT2D eigenvalue weighted by atomic mass is 10.1. The summed E-state index contributed by atoms with van der Waals surface area (Å²) in [6.07, 6.45) is 0. The number of fused-ring (bicyclic) bond motifs is 1. The molecule has 0 fully saturated rings. The summed E-state index contributed by atoms with van der Waals surface area (Å²) in [7, 11) is 0. The van der Waals surface area contributed by atoms with E-state index in [2.05, 4.69) is 61.5 Å². The van der Waals surface area contributed by atoms with E-state index >= 15 is 0 Å². The van der Waals surface area contributed by atoms with E-state index in [-0.39, 0.29) is 0 Å². The zero-order valence-electron chi connectivity index (χ0n) is 11.5. The lowest BCUT2D eigenvalue weighted by molar-refractivity contribution is 1.35. The Bertz CT molecular complexity index is 744. The molecule has 0 amide bonds. The minimum Gasteiger partial charge on any atom is -0.399 e. The summed E-state index contributed by atoms with van der Waals surface area (Å²) < 4.78 is 0. The van der Waals surface area contributed by atoms with Gasteiger partial charge >= 0.3 is 0 Å². The maximum atomic E-state index is 5.86. The van der Waals surface area contributed by atoms with Crippen LogP contribution in [-0.4, -0.2) is 0 Å². The SMILES string of the molecule is Cc1cc(SCc2cccc3ccccc23)ccc1N. The van der Waals surface area contributed by atoms with E-state index in [1.165, 1.54) is 21.2 Å². The van der Waals surface area contributed by atoms with Crippen molar-refractivity contribution in [3.05, 3.63) is 71.8 Å². The molecule has 0 aliphatic heterocycles. The van der Waals surface area contributed by atoms with E-state index in [0.717, 1.165) is 17.0 Å². The summed E-state index contributed by atoms with van der Waals surface area (Å²) in [6.45, 7) is 2.05. The normalized spacial score (nSPS) is 10.8. The highest BCUT2D eigenvalue weighted by molar-refractivity contribution is 7.98. The van der Waals surface area contributed by atoms with Crippen LogP contribution in [0.5, 0.6) is 0 Å². The van der Waals surface area contributed by atoms with E-state index < -0.39 is 0 Å². The van der Waals surface area contributed by atoms with Gasteiger partial charge in [-0.05, 0) is 47.0 Å². The number of thioether (sulfide) groups is 1. The highest BCUT2D eigenvalue weighted by Gasteiger charge is 2.02. The summed E-state index contributed by atoms with van der Waals surface area (Å²) in [5.41, 5.74) is 9.25. The second kappa shape index (κ2) is 5.59. The number of hydrogen-bond donors (Lipinski definition) is 1. The standard InChI is InChI=1S/C18H17NS/c1-13-11-16(9-10-18(13)19)20-12-15-7-4-6-14-5-2-3-8-17(14)15/h2-11H,12,19H2,1H3. The first-order valence-corrected chi connectivity index (χ1v) is 7.68. The Morgan fingerprint density at radius 1 is 0.950 bits per heavy atom. The van der Waals surface area contributed by atoms with Crippen molar-refractivity contribution in [3.8, 4) is 0 Å². The molecular formula is C18H17NS. The molecule has 20 heavy (non-hydrogen) atoms. The van der Waals surface area contributed by atoms with Crippen molar-refractivity contribution in [2.24, 2.45) is 0 Å². The average molecular weight is 279 g/mol. The second-order valence-electron chi connectivity index (χ2n) is 4.95. The maximum Gasteiger partial charge on any atom is 0.0344 e. The topological polar surface area (TPSA) is 26.0 Å². The summed E-state index contributed by atoms with van der Waals surface area (Å²) in [5.74, 6) is 0.977. The zero-order valence-corrected chi connectivity index (χ0v) is 12.3. The molecule has 0 atom stereocenters. The van der Waals surface area contributed by atoms with Gasteiger partial charge in [0.05, 0.1) is 0 Å². The smallest absolute Gasteiger partial charge is 0.0344 e. The number of nitrogen functional groups attached to an aromatic ring is 1. The van der Waals surface area contributed by atoms with E-state index in [1.807, 2.05) is 17.8 Å². The highest BCUT2D eigenvalue weighted by Crippen LogP contribution is 2.28. The molecule has 0 aliphatic rings. The van der Waals surface area contributed by atoms with Gasteiger partial charge in [0.1, 0.15) is 0 Å². The summed E-state index contributed by atoms with van der Waals surface area (Å²) in [5, 5.41) is 2.65. The van der Waals surface area contributed by atoms with Gasteiger partial charge in [-0.2, -0.15) is 0 Å². The quantitative estimate of drug-likeness (QED) is 0.538. The Morgan fingerprint density at radius 2 is 1.75 bits per heavy atom. The van der Waals surface area contributed by atoms with Crippen LogP contribution in [0.4, 0.5) is 5.69 Å². The maximum absolute atomic E-state index is 5.86. The zero-order chi connectivity index (χ0) is 13.9. The fourth-order valence-electron chi connectivity index (χ4n) is 2.32. The van der Waals surface area contributed by atoms with Crippen LogP contribution in [0.2, 0.25) is 0 Å². The molecule has 0 bridgehead atoms. The first-order valence-electron chi connectivity index (χ1n) is 6.69. The van der Waals surface area contributed by atoms with Gasteiger partial charge in [0, 0.05) is 16.3 Å². The monoisotopic (exact) mass is 279 g/mol. The van der Waals surface area contributed by atoms with Gasteiger partial charge < -0.3 is 5.73 Å². The third kappa shape index (κ3) is 2.66. The molecule has 3 aromatic carbocycles. The second-order valence-corrected chi connectivity index (χ2v) is 5.99. The Morgan fingerprint density at radius 3 is 2.60 bits per heavy atom. The Kier molecular flexibility index (Phi) is 3.66. The van der Waals surface area contributed by atoms with E-state index in [0.29, 0.717) is 0 Å². The lowest BCUT2D eigenvalue weighted by Crippen LogP contribution is -1.89. The van der Waals surface area contributed by atoms with Gasteiger partial charge in [-0.3, -0.25) is 0 Å². The van der Waals surface area contributed by atoms with Crippen LogP contribution < -0.4 is 5.73 Å². The van der Waals surface area contributed by atoms with Crippen molar-refractivity contribution >= 4 is 28.2 Å². The molecular weight excluding hydrogens is 262 g/mol. The molecule has 0 saturated heterocycles. The van der Waals surface area contributed by atoms with Crippen LogP contribution in [0.15, 0.2) is 65.6 Å². The van der Waals surface area contributed by atoms with Crippen molar-refractivity contribution in [1.29, 1.82) is 0 Å². The van der Waals surface area contributed by atoms with Gasteiger partial charge in [0.25, 0.3) is 0 Å². The molecule has 0 spiro atoms. The minimum atomic E-state index is 0.861. The van der Waals surface area contributed by atoms with E-state index in [1.54, 1.807) is 0 Å². The van der Waals surface area contributed by atoms with Gasteiger partial charge in [0.15, 0.2) is 0 Å². The molecule has 0 heterocycles. The van der Waals surface area contributed by atoms with Crippen LogP contribution in [0, 0.1) is 6.92 Å². The van der Waals surface area contributed by atoms with Crippen molar-refractivity contribution in [1.82, 2.24) is 0 Å². The lowest BCUT2D eigenvalue weighted by Gasteiger charge is -2.08. The van der Waals surface area contributed by atoms with E-state index in [9.17, 15) is 0 Å². The van der Waals surface area contributed by atoms with Crippen molar-refractivity contribution < 1.29 is 0 Å². The van der Waals surface area contributed by atoms with Crippen LogP contribution in [0.1, 0.15) is 11.1 Å². The van der Waals surface area contributed by atoms with Crippen LogP contribution in [0.25, 0.3) is 10.8 Å². The molecule has 0 unspecified atom stereocenters. The van der Waals surface area contributed by atoms with Crippen molar-refractivity contribution in [3.63, 3.8) is 0 Å². The molecule has 3 aromatic rings. The van der Waals surface area contributed by atoms with Gasteiger partial charge in [-0.1, -0.05) is 42.5 Å². The number of hydrogen-bond acceptors (Lipinski definition) is 2. The molecule has 3 rings (SSSR count). The van der Waals surface area contributed by atoms with E-state index in [4.69, 9.17) is 5.73 Å². The number of anilines is 1. The third-order valence-corrected chi connectivity index (χ3v) is 4.56. The Hall–Kier alpha value is -1.93. The van der Waals surface area contributed by atoms with Gasteiger partial charge in [-0.15, -0.1) is 11.8 Å². The Balaban J connectivity index is 1.85. The predicted octanol–water partition coefficient (Wildman–Crippen LogP) is 5.02. The van der Waals surface area contributed by atoms with Crippen LogP contribution >= 0.6 is 11.8 Å². The molecule has 0 aromatic heterocycles. The highest BCUT2D eigenvalue weighted by atomic mass is 32.2. The predicted molar refractivity (Wildman–Crippen MR) is 89.1 cm³/mol. The van der Waals surface area contributed by atoms with Crippen LogP contribution in [0.3, 0.4) is 0 Å². The largest absolute Gasteiger partial charge is 0.399 e. The molecule has 0 saturated carbocycles. The number of rotatable bonds is 3. The molecule has 2 N–H and O–H groups in total. The van der Waals surface area contributed by atoms with Crippen LogP contribution in [-0.2, 0) is 5.75 Å². The molecule has 100 valence electrons. The van der Waals surface area contributed by atoms with Gasteiger partial charge in [0.2, 0.25) is 0 Å². The molecule has 0 radical (unpaired) electrons. The summed E-state index contributed by atoms with van der Waals surface area (Å²) in [6, 6.07) is 21.3. The first-order chi connectivity index (χ1) is 9.74.